The van der Waals surface area contributed by atoms with Gasteiger partial charge in [0.15, 0.2) is 0 Å². The van der Waals surface area contributed by atoms with Crippen molar-refractivity contribution in [1.82, 2.24) is 9.21 Å². The van der Waals surface area contributed by atoms with Crippen LogP contribution in [0, 0.1) is 6.92 Å². The summed E-state index contributed by atoms with van der Waals surface area (Å²) in [5.74, 6) is -0.0310. The molecule has 0 aromatic carbocycles. The molecule has 0 aliphatic carbocycles. The highest BCUT2D eigenvalue weighted by Gasteiger charge is 2.27. The smallest absolute Gasteiger partial charge is 0.277 e. The van der Waals surface area contributed by atoms with E-state index in [-0.39, 0.29) is 19.0 Å². The second kappa shape index (κ2) is 4.96. The average Bonchev–Trinajstić information content (AvgIpc) is 2.73. The lowest BCUT2D eigenvalue weighted by molar-refractivity contribution is 0.0702. The quantitative estimate of drug-likeness (QED) is 0.833. The zero-order valence-electron chi connectivity index (χ0n) is 10.00. The molecule has 1 saturated heterocycles. The van der Waals surface area contributed by atoms with Gasteiger partial charge in [0.1, 0.15) is 0 Å². The van der Waals surface area contributed by atoms with E-state index in [1.807, 2.05) is 18.4 Å². The summed E-state index contributed by atoms with van der Waals surface area (Å²) in [6, 6.07) is 1.90. The van der Waals surface area contributed by atoms with Crippen molar-refractivity contribution >= 4 is 27.5 Å². The second-order valence-electron chi connectivity index (χ2n) is 4.17. The summed E-state index contributed by atoms with van der Waals surface area (Å²) in [6.45, 7) is 3.17. The molecule has 2 rings (SSSR count). The monoisotopic (exact) mass is 289 g/mol. The normalized spacial score (nSPS) is 18.0. The van der Waals surface area contributed by atoms with Crippen LogP contribution >= 0.6 is 11.3 Å². The molecule has 0 unspecified atom stereocenters. The molecule has 1 aromatic rings. The summed E-state index contributed by atoms with van der Waals surface area (Å²) in [5.41, 5.74) is 0.957. The number of thiophene rings is 1. The number of hydrogen-bond acceptors (Lipinski definition) is 4. The molecule has 8 heteroatoms. The molecule has 1 aliphatic rings. The molecule has 0 atom stereocenters. The van der Waals surface area contributed by atoms with Crippen LogP contribution in [0.4, 0.5) is 0 Å². The fourth-order valence-electron chi connectivity index (χ4n) is 1.88. The minimum absolute atomic E-state index is 0.0310. The number of carbonyl (C=O) groups excluding carboxylic acids is 1. The van der Waals surface area contributed by atoms with Crippen molar-refractivity contribution in [1.29, 1.82) is 0 Å². The van der Waals surface area contributed by atoms with E-state index in [0.29, 0.717) is 13.1 Å². The Kier molecular flexibility index (Phi) is 3.71. The van der Waals surface area contributed by atoms with E-state index < -0.39 is 10.2 Å². The molecule has 100 valence electrons. The van der Waals surface area contributed by atoms with Crippen LogP contribution in [0.15, 0.2) is 11.4 Å². The first-order chi connectivity index (χ1) is 8.39. The van der Waals surface area contributed by atoms with Gasteiger partial charge in [-0.3, -0.25) is 4.79 Å². The summed E-state index contributed by atoms with van der Waals surface area (Å²) in [5, 5.41) is 6.93. The molecule has 0 saturated carbocycles. The van der Waals surface area contributed by atoms with Crippen LogP contribution in [0.3, 0.4) is 0 Å². The predicted molar refractivity (Wildman–Crippen MR) is 69.6 cm³/mol. The molecule has 0 bridgehead atoms. The van der Waals surface area contributed by atoms with Gasteiger partial charge in [-0.15, -0.1) is 11.3 Å². The molecule has 0 radical (unpaired) electrons. The van der Waals surface area contributed by atoms with E-state index in [1.165, 1.54) is 15.6 Å². The van der Waals surface area contributed by atoms with Crippen molar-refractivity contribution in [2.24, 2.45) is 5.14 Å². The number of hydrogen-bond donors (Lipinski definition) is 1. The van der Waals surface area contributed by atoms with Crippen molar-refractivity contribution in [2.75, 3.05) is 26.2 Å². The second-order valence-corrected chi connectivity index (χ2v) is 6.63. The molecule has 1 amide bonds. The minimum Gasteiger partial charge on any atom is -0.335 e. The summed E-state index contributed by atoms with van der Waals surface area (Å²) in [4.78, 5) is 14.6. The maximum Gasteiger partial charge on any atom is 0.277 e. The predicted octanol–water partition coefficient (Wildman–Crippen LogP) is 0.0178. The van der Waals surface area contributed by atoms with Gasteiger partial charge >= 0.3 is 0 Å². The van der Waals surface area contributed by atoms with Gasteiger partial charge in [0.05, 0.1) is 4.88 Å². The molecular weight excluding hydrogens is 274 g/mol. The Bertz CT molecular complexity index is 544. The average molecular weight is 289 g/mol. The van der Waals surface area contributed by atoms with Crippen molar-refractivity contribution in [3.05, 3.63) is 21.9 Å². The van der Waals surface area contributed by atoms with Crippen molar-refractivity contribution < 1.29 is 13.2 Å². The van der Waals surface area contributed by atoms with Gasteiger partial charge in [0.2, 0.25) is 0 Å². The Labute approximate surface area is 110 Å². The van der Waals surface area contributed by atoms with Gasteiger partial charge in [0, 0.05) is 26.2 Å². The Morgan fingerprint density at radius 2 is 1.94 bits per heavy atom. The highest BCUT2D eigenvalue weighted by molar-refractivity contribution is 7.86. The topological polar surface area (TPSA) is 83.7 Å². The van der Waals surface area contributed by atoms with E-state index in [2.05, 4.69) is 0 Å². The van der Waals surface area contributed by atoms with Crippen LogP contribution in [0.5, 0.6) is 0 Å². The maximum atomic E-state index is 12.2. The van der Waals surface area contributed by atoms with Crippen molar-refractivity contribution in [3.63, 3.8) is 0 Å². The zero-order chi connectivity index (χ0) is 13.3. The molecule has 18 heavy (non-hydrogen) atoms. The third kappa shape index (κ3) is 2.72. The molecule has 0 spiro atoms. The Balaban J connectivity index is 2.03. The van der Waals surface area contributed by atoms with Gasteiger partial charge in [-0.05, 0) is 23.9 Å². The van der Waals surface area contributed by atoms with Gasteiger partial charge in [-0.2, -0.15) is 12.7 Å². The third-order valence-electron chi connectivity index (χ3n) is 2.94. The number of aryl methyl sites for hydroxylation is 1. The van der Waals surface area contributed by atoms with Crippen LogP contribution in [0.2, 0.25) is 0 Å². The number of nitrogens with two attached hydrogens (primary N) is 1. The van der Waals surface area contributed by atoms with E-state index in [4.69, 9.17) is 5.14 Å². The standard InChI is InChI=1S/C10H15N3O3S2/c1-8-2-7-17-9(8)10(14)12-3-5-13(6-4-12)18(11,15)16/h2,7H,3-6H2,1H3,(H2,11,15,16). The maximum absolute atomic E-state index is 12.2. The zero-order valence-corrected chi connectivity index (χ0v) is 11.6. The van der Waals surface area contributed by atoms with Crippen LogP contribution in [-0.4, -0.2) is 49.7 Å². The van der Waals surface area contributed by atoms with Gasteiger partial charge in [0.25, 0.3) is 16.1 Å². The summed E-state index contributed by atoms with van der Waals surface area (Å²) in [7, 11) is -3.64. The van der Waals surface area contributed by atoms with E-state index in [0.717, 1.165) is 10.4 Å². The third-order valence-corrected chi connectivity index (χ3v) is 5.03. The number of nitrogens with zero attached hydrogens (tertiary/aromatic N) is 2. The molecule has 6 nitrogen and oxygen atoms in total. The van der Waals surface area contributed by atoms with Crippen LogP contribution in [-0.2, 0) is 10.2 Å². The van der Waals surface area contributed by atoms with Gasteiger partial charge in [-0.1, -0.05) is 0 Å². The lowest BCUT2D eigenvalue weighted by Crippen LogP contribution is -2.52. The van der Waals surface area contributed by atoms with E-state index in [9.17, 15) is 13.2 Å². The molecule has 2 N–H and O–H groups in total. The highest BCUT2D eigenvalue weighted by atomic mass is 32.2. The van der Waals surface area contributed by atoms with Crippen molar-refractivity contribution in [2.45, 2.75) is 6.92 Å². The SMILES string of the molecule is Cc1ccsc1C(=O)N1CCN(S(N)(=O)=O)CC1. The van der Waals surface area contributed by atoms with Crippen molar-refractivity contribution in [3.8, 4) is 0 Å². The van der Waals surface area contributed by atoms with E-state index in [1.54, 1.807) is 4.90 Å². The molecule has 1 fully saturated rings. The Hall–Kier alpha value is -0.960. The van der Waals surface area contributed by atoms with Crippen LogP contribution < -0.4 is 5.14 Å². The first-order valence-corrected chi connectivity index (χ1v) is 7.89. The lowest BCUT2D eigenvalue weighted by Gasteiger charge is -2.32. The molecule has 1 aliphatic heterocycles. The Morgan fingerprint density at radius 1 is 1.33 bits per heavy atom. The summed E-state index contributed by atoms with van der Waals surface area (Å²) >= 11 is 1.41. The van der Waals surface area contributed by atoms with Crippen LogP contribution in [0.25, 0.3) is 0 Å². The molecule has 2 heterocycles. The largest absolute Gasteiger partial charge is 0.335 e. The lowest BCUT2D eigenvalue weighted by atomic mass is 10.2. The molecule has 1 aromatic heterocycles. The Morgan fingerprint density at radius 3 is 2.39 bits per heavy atom. The van der Waals surface area contributed by atoms with Gasteiger partial charge in [-0.25, -0.2) is 5.14 Å². The number of piperazine rings is 1. The molecular formula is C10H15N3O3S2. The number of rotatable bonds is 2. The first kappa shape index (κ1) is 13.5. The fourth-order valence-corrected chi connectivity index (χ4v) is 3.45. The fraction of sp³-hybridized carbons (Fsp3) is 0.500. The number of carbonyl (C=O) groups is 1. The summed E-state index contributed by atoms with van der Waals surface area (Å²) in [6.07, 6.45) is 0. The van der Waals surface area contributed by atoms with Gasteiger partial charge < -0.3 is 4.90 Å². The first-order valence-electron chi connectivity index (χ1n) is 5.51. The number of amides is 1. The van der Waals surface area contributed by atoms with E-state index >= 15 is 0 Å². The highest BCUT2D eigenvalue weighted by Crippen LogP contribution is 2.19. The van der Waals surface area contributed by atoms with Crippen LogP contribution in [0.1, 0.15) is 15.2 Å². The minimum atomic E-state index is -3.64. The summed E-state index contributed by atoms with van der Waals surface area (Å²) < 4.78 is 23.5.